The molecule has 0 saturated carbocycles. The summed E-state index contributed by atoms with van der Waals surface area (Å²) < 4.78 is 9.61. The Balaban J connectivity index is 2.79. The number of ether oxygens (including phenoxy) is 1. The maximum Gasteiger partial charge on any atom is 0.374 e. The predicted molar refractivity (Wildman–Crippen MR) is 44.7 cm³/mol. The van der Waals surface area contributed by atoms with Gasteiger partial charge in [0.15, 0.2) is 11.5 Å². The molecule has 0 atom stereocenters. The molecule has 0 radical (unpaired) electrons. The van der Waals surface area contributed by atoms with Crippen molar-refractivity contribution in [2.24, 2.45) is 0 Å². The van der Waals surface area contributed by atoms with Gasteiger partial charge in [0.1, 0.15) is 0 Å². The van der Waals surface area contributed by atoms with Gasteiger partial charge < -0.3 is 9.15 Å². The van der Waals surface area contributed by atoms with E-state index in [9.17, 15) is 9.59 Å². The average molecular weight is 182 g/mol. The van der Waals surface area contributed by atoms with Crippen molar-refractivity contribution in [3.63, 3.8) is 0 Å². The van der Waals surface area contributed by atoms with Gasteiger partial charge in [-0.1, -0.05) is 0 Å². The largest absolute Gasteiger partial charge is 0.460 e. The summed E-state index contributed by atoms with van der Waals surface area (Å²) >= 11 is 0. The lowest BCUT2D eigenvalue weighted by Gasteiger charge is -1.96. The summed E-state index contributed by atoms with van der Waals surface area (Å²) in [5.41, 5.74) is 0. The second kappa shape index (κ2) is 3.89. The number of esters is 1. The summed E-state index contributed by atoms with van der Waals surface area (Å²) in [5, 5.41) is 0. The highest BCUT2D eigenvalue weighted by Gasteiger charge is 2.13. The van der Waals surface area contributed by atoms with E-state index in [0.717, 1.165) is 0 Å². The minimum absolute atomic E-state index is 0.0621. The third kappa shape index (κ3) is 2.18. The minimum Gasteiger partial charge on any atom is -0.460 e. The Kier molecular flexibility index (Phi) is 2.84. The van der Waals surface area contributed by atoms with Crippen LogP contribution in [-0.4, -0.2) is 18.4 Å². The normalized spacial score (nSPS) is 9.69. The molecule has 0 amide bonds. The molecule has 0 spiro atoms. The molecule has 0 bridgehead atoms. The maximum absolute atomic E-state index is 11.1. The number of furan rings is 1. The first-order valence-corrected chi connectivity index (χ1v) is 3.93. The summed E-state index contributed by atoms with van der Waals surface area (Å²) in [6.07, 6.45) is 0. The zero-order valence-electron chi connectivity index (χ0n) is 7.49. The van der Waals surface area contributed by atoms with Crippen LogP contribution in [0.3, 0.4) is 0 Å². The number of carbonyl (C=O) groups is 2. The predicted octanol–water partition coefficient (Wildman–Crippen LogP) is 1.66. The van der Waals surface area contributed by atoms with E-state index in [-0.39, 0.29) is 23.9 Å². The lowest BCUT2D eigenvalue weighted by Crippen LogP contribution is -2.02. The van der Waals surface area contributed by atoms with E-state index in [4.69, 9.17) is 4.42 Å². The summed E-state index contributed by atoms with van der Waals surface area (Å²) in [4.78, 5) is 21.8. The molecular formula is C9H10O4. The van der Waals surface area contributed by atoms with E-state index in [0.29, 0.717) is 0 Å². The Morgan fingerprint density at radius 3 is 2.46 bits per heavy atom. The molecule has 1 rings (SSSR count). The molecule has 0 fully saturated rings. The van der Waals surface area contributed by atoms with E-state index in [1.165, 1.54) is 19.1 Å². The topological polar surface area (TPSA) is 56.5 Å². The SMILES string of the molecule is CCOC(=O)c1ccc(C(C)=O)o1. The minimum atomic E-state index is -0.546. The Labute approximate surface area is 75.5 Å². The highest BCUT2D eigenvalue weighted by molar-refractivity contribution is 5.93. The Bertz CT molecular complexity index is 324. The fourth-order valence-corrected chi connectivity index (χ4v) is 0.839. The van der Waals surface area contributed by atoms with Crippen molar-refractivity contribution in [1.29, 1.82) is 0 Å². The van der Waals surface area contributed by atoms with Crippen LogP contribution in [0, 0.1) is 0 Å². The van der Waals surface area contributed by atoms with Crippen molar-refractivity contribution in [2.75, 3.05) is 6.61 Å². The van der Waals surface area contributed by atoms with Crippen LogP contribution >= 0.6 is 0 Å². The number of ketones is 1. The van der Waals surface area contributed by atoms with Gasteiger partial charge in [0, 0.05) is 6.92 Å². The lowest BCUT2D eigenvalue weighted by molar-refractivity contribution is 0.0488. The average Bonchev–Trinajstić information content (AvgIpc) is 2.52. The molecule has 0 aliphatic carbocycles. The molecule has 1 aromatic rings. The Morgan fingerprint density at radius 2 is 2.00 bits per heavy atom. The molecule has 4 heteroatoms. The molecule has 1 aromatic heterocycles. The summed E-state index contributed by atoms with van der Waals surface area (Å²) in [7, 11) is 0. The van der Waals surface area contributed by atoms with Crippen molar-refractivity contribution in [3.05, 3.63) is 23.7 Å². The first-order valence-electron chi connectivity index (χ1n) is 3.93. The van der Waals surface area contributed by atoms with Gasteiger partial charge in [0.2, 0.25) is 5.76 Å². The molecular weight excluding hydrogens is 172 g/mol. The van der Waals surface area contributed by atoms with E-state index in [1.54, 1.807) is 6.92 Å². The number of hydrogen-bond acceptors (Lipinski definition) is 4. The van der Waals surface area contributed by atoms with Crippen molar-refractivity contribution in [2.45, 2.75) is 13.8 Å². The van der Waals surface area contributed by atoms with Crippen LogP contribution in [0.1, 0.15) is 35.0 Å². The third-order valence-electron chi connectivity index (χ3n) is 1.43. The van der Waals surface area contributed by atoms with E-state index in [1.807, 2.05) is 0 Å². The lowest BCUT2D eigenvalue weighted by atomic mass is 10.3. The third-order valence-corrected chi connectivity index (χ3v) is 1.43. The smallest absolute Gasteiger partial charge is 0.374 e. The zero-order valence-corrected chi connectivity index (χ0v) is 7.49. The van der Waals surface area contributed by atoms with Gasteiger partial charge in [-0.3, -0.25) is 4.79 Å². The number of carbonyl (C=O) groups excluding carboxylic acids is 2. The van der Waals surface area contributed by atoms with Crippen molar-refractivity contribution in [1.82, 2.24) is 0 Å². The first-order chi connectivity index (χ1) is 6.15. The molecule has 70 valence electrons. The quantitative estimate of drug-likeness (QED) is 0.527. The fraction of sp³-hybridized carbons (Fsp3) is 0.333. The van der Waals surface area contributed by atoms with Gasteiger partial charge >= 0.3 is 5.97 Å². The Hall–Kier alpha value is -1.58. The van der Waals surface area contributed by atoms with E-state index < -0.39 is 5.97 Å². The van der Waals surface area contributed by atoms with Crippen LogP contribution in [0.15, 0.2) is 16.5 Å². The highest BCUT2D eigenvalue weighted by Crippen LogP contribution is 2.09. The molecule has 0 saturated heterocycles. The Morgan fingerprint density at radius 1 is 1.38 bits per heavy atom. The number of rotatable bonds is 3. The molecule has 0 aliphatic heterocycles. The van der Waals surface area contributed by atoms with Crippen LogP contribution < -0.4 is 0 Å². The molecule has 0 aliphatic rings. The van der Waals surface area contributed by atoms with Gasteiger partial charge in [-0.2, -0.15) is 0 Å². The van der Waals surface area contributed by atoms with Crippen molar-refractivity contribution < 1.29 is 18.7 Å². The van der Waals surface area contributed by atoms with Gasteiger partial charge in [-0.15, -0.1) is 0 Å². The van der Waals surface area contributed by atoms with Gasteiger partial charge in [-0.05, 0) is 19.1 Å². The summed E-state index contributed by atoms with van der Waals surface area (Å²) in [5.74, 6) is -0.527. The molecule has 0 aromatic carbocycles. The highest BCUT2D eigenvalue weighted by atomic mass is 16.5. The van der Waals surface area contributed by atoms with Crippen LogP contribution in [-0.2, 0) is 4.74 Å². The molecule has 4 nitrogen and oxygen atoms in total. The van der Waals surface area contributed by atoms with Crippen molar-refractivity contribution in [3.8, 4) is 0 Å². The van der Waals surface area contributed by atoms with E-state index >= 15 is 0 Å². The number of hydrogen-bond donors (Lipinski definition) is 0. The standard InChI is InChI=1S/C9H10O4/c1-3-12-9(11)8-5-4-7(13-8)6(2)10/h4-5H,3H2,1-2H3. The van der Waals surface area contributed by atoms with Crippen LogP contribution in [0.2, 0.25) is 0 Å². The molecule has 0 unspecified atom stereocenters. The van der Waals surface area contributed by atoms with Gasteiger partial charge in [0.05, 0.1) is 6.61 Å². The second-order valence-corrected chi connectivity index (χ2v) is 2.44. The van der Waals surface area contributed by atoms with Crippen LogP contribution in [0.5, 0.6) is 0 Å². The maximum atomic E-state index is 11.1. The van der Waals surface area contributed by atoms with Gasteiger partial charge in [-0.25, -0.2) is 4.79 Å². The zero-order chi connectivity index (χ0) is 9.84. The van der Waals surface area contributed by atoms with Crippen molar-refractivity contribution >= 4 is 11.8 Å². The molecule has 1 heterocycles. The van der Waals surface area contributed by atoms with Gasteiger partial charge in [0.25, 0.3) is 0 Å². The van der Waals surface area contributed by atoms with Crippen LogP contribution in [0.25, 0.3) is 0 Å². The monoisotopic (exact) mass is 182 g/mol. The summed E-state index contributed by atoms with van der Waals surface area (Å²) in [6.45, 7) is 3.36. The first kappa shape index (κ1) is 9.51. The second-order valence-electron chi connectivity index (χ2n) is 2.44. The molecule has 0 N–H and O–H groups in total. The van der Waals surface area contributed by atoms with Crippen LogP contribution in [0.4, 0.5) is 0 Å². The fourth-order valence-electron chi connectivity index (χ4n) is 0.839. The molecule has 13 heavy (non-hydrogen) atoms. The number of Topliss-reactive ketones (excluding diaryl/α,β-unsaturated/α-hetero) is 1. The summed E-state index contributed by atoms with van der Waals surface area (Å²) in [6, 6.07) is 2.88. The van der Waals surface area contributed by atoms with E-state index in [2.05, 4.69) is 4.74 Å².